The lowest BCUT2D eigenvalue weighted by atomic mass is 10.0. The molecule has 100 valence electrons. The molecule has 1 unspecified atom stereocenters. The van der Waals surface area contributed by atoms with Gasteiger partial charge in [-0.2, -0.15) is 0 Å². The van der Waals surface area contributed by atoms with E-state index < -0.39 is 0 Å². The number of halogens is 1. The molecule has 18 heavy (non-hydrogen) atoms. The van der Waals surface area contributed by atoms with Crippen molar-refractivity contribution >= 4 is 15.9 Å². The van der Waals surface area contributed by atoms with Gasteiger partial charge in [0.1, 0.15) is 0 Å². The van der Waals surface area contributed by atoms with Crippen molar-refractivity contribution in [3.8, 4) is 0 Å². The average molecular weight is 311 g/mol. The first-order chi connectivity index (χ1) is 8.67. The third-order valence-electron chi connectivity index (χ3n) is 3.64. The van der Waals surface area contributed by atoms with Crippen molar-refractivity contribution in [1.82, 2.24) is 4.90 Å². The van der Waals surface area contributed by atoms with Crippen LogP contribution in [-0.4, -0.2) is 24.0 Å². The molecular weight excluding hydrogens is 288 g/mol. The van der Waals surface area contributed by atoms with E-state index in [2.05, 4.69) is 52.9 Å². The molecule has 0 aliphatic heterocycles. The Morgan fingerprint density at radius 2 is 2.17 bits per heavy atom. The quantitative estimate of drug-likeness (QED) is 0.869. The minimum atomic E-state index is 0.354. The number of benzene rings is 1. The number of nitrogens with zero attached hydrogens (tertiary/aromatic N) is 1. The fraction of sp³-hybridized carbons (Fsp3) is 0.600. The highest BCUT2D eigenvalue weighted by Gasteiger charge is 2.33. The van der Waals surface area contributed by atoms with Crippen LogP contribution in [-0.2, 0) is 0 Å². The third kappa shape index (κ3) is 3.14. The van der Waals surface area contributed by atoms with E-state index in [1.54, 1.807) is 0 Å². The van der Waals surface area contributed by atoms with Gasteiger partial charge >= 0.3 is 0 Å². The van der Waals surface area contributed by atoms with Gasteiger partial charge in [-0.3, -0.25) is 4.90 Å². The Balaban J connectivity index is 2.25. The molecule has 1 atom stereocenters. The molecule has 0 spiro atoms. The van der Waals surface area contributed by atoms with E-state index in [0.29, 0.717) is 12.6 Å². The van der Waals surface area contributed by atoms with Crippen LogP contribution in [0.3, 0.4) is 0 Å². The average Bonchev–Trinajstić information content (AvgIpc) is 3.15. The monoisotopic (exact) mass is 310 g/mol. The Morgan fingerprint density at radius 1 is 1.44 bits per heavy atom. The molecule has 3 heteroatoms. The number of aryl methyl sites for hydroxylation is 1. The minimum Gasteiger partial charge on any atom is -0.329 e. The van der Waals surface area contributed by atoms with Crippen LogP contribution in [0.15, 0.2) is 22.7 Å². The topological polar surface area (TPSA) is 29.3 Å². The van der Waals surface area contributed by atoms with E-state index in [4.69, 9.17) is 5.73 Å². The van der Waals surface area contributed by atoms with Gasteiger partial charge in [-0.15, -0.1) is 0 Å². The number of rotatable bonds is 6. The first kappa shape index (κ1) is 14.0. The number of hydrogen-bond acceptors (Lipinski definition) is 2. The lowest BCUT2D eigenvalue weighted by Gasteiger charge is -2.31. The lowest BCUT2D eigenvalue weighted by Crippen LogP contribution is -2.36. The molecule has 1 aliphatic rings. The smallest absolute Gasteiger partial charge is 0.0484 e. The maximum Gasteiger partial charge on any atom is 0.0484 e. The van der Waals surface area contributed by atoms with Crippen LogP contribution in [0.2, 0.25) is 0 Å². The van der Waals surface area contributed by atoms with Crippen LogP contribution in [0, 0.1) is 6.92 Å². The Hall–Kier alpha value is -0.380. The van der Waals surface area contributed by atoms with Gasteiger partial charge in [0.2, 0.25) is 0 Å². The first-order valence-electron chi connectivity index (χ1n) is 6.89. The summed E-state index contributed by atoms with van der Waals surface area (Å²) >= 11 is 3.70. The zero-order valence-corrected chi connectivity index (χ0v) is 12.9. The van der Waals surface area contributed by atoms with E-state index in [0.717, 1.165) is 12.6 Å². The van der Waals surface area contributed by atoms with Crippen molar-refractivity contribution in [2.24, 2.45) is 5.73 Å². The van der Waals surface area contributed by atoms with Gasteiger partial charge in [-0.1, -0.05) is 35.0 Å². The summed E-state index contributed by atoms with van der Waals surface area (Å²) in [6, 6.07) is 7.70. The molecule has 1 aliphatic carbocycles. The molecule has 0 saturated heterocycles. The van der Waals surface area contributed by atoms with Gasteiger partial charge in [0.25, 0.3) is 0 Å². The molecule has 1 fully saturated rings. The molecule has 0 bridgehead atoms. The SMILES string of the molecule is CCCN(C1CC1)C(CN)c1ccc(C)cc1Br. The highest BCUT2D eigenvalue weighted by Crippen LogP contribution is 2.36. The van der Waals surface area contributed by atoms with Crippen molar-refractivity contribution < 1.29 is 0 Å². The summed E-state index contributed by atoms with van der Waals surface area (Å²) in [5, 5.41) is 0. The zero-order valence-electron chi connectivity index (χ0n) is 11.3. The predicted octanol–water partition coefficient (Wildman–Crippen LogP) is 3.63. The van der Waals surface area contributed by atoms with Crippen molar-refractivity contribution in [3.05, 3.63) is 33.8 Å². The largest absolute Gasteiger partial charge is 0.329 e. The summed E-state index contributed by atoms with van der Waals surface area (Å²) in [5.74, 6) is 0. The second-order valence-electron chi connectivity index (χ2n) is 5.25. The van der Waals surface area contributed by atoms with Gasteiger partial charge in [-0.05, 0) is 49.9 Å². The normalized spacial score (nSPS) is 17.2. The molecule has 0 heterocycles. The van der Waals surface area contributed by atoms with Crippen molar-refractivity contribution in [3.63, 3.8) is 0 Å². The van der Waals surface area contributed by atoms with Crippen LogP contribution in [0.1, 0.15) is 43.4 Å². The van der Waals surface area contributed by atoms with Crippen molar-refractivity contribution in [2.75, 3.05) is 13.1 Å². The minimum absolute atomic E-state index is 0.354. The van der Waals surface area contributed by atoms with Crippen LogP contribution < -0.4 is 5.73 Å². The Kier molecular flexibility index (Phi) is 4.82. The summed E-state index contributed by atoms with van der Waals surface area (Å²) in [7, 11) is 0. The summed E-state index contributed by atoms with van der Waals surface area (Å²) in [6.45, 7) is 6.20. The summed E-state index contributed by atoms with van der Waals surface area (Å²) in [5.41, 5.74) is 8.67. The Morgan fingerprint density at radius 3 is 2.67 bits per heavy atom. The molecule has 0 radical (unpaired) electrons. The standard InChI is InChI=1S/C15H23BrN2/c1-3-8-18(12-5-6-12)15(10-17)13-7-4-11(2)9-14(13)16/h4,7,9,12,15H,3,5-6,8,10,17H2,1-2H3. The molecule has 0 amide bonds. The van der Waals surface area contributed by atoms with E-state index in [1.165, 1.54) is 34.9 Å². The zero-order chi connectivity index (χ0) is 13.1. The van der Waals surface area contributed by atoms with E-state index in [-0.39, 0.29) is 0 Å². The molecule has 1 aromatic carbocycles. The highest BCUT2D eigenvalue weighted by atomic mass is 79.9. The van der Waals surface area contributed by atoms with E-state index in [9.17, 15) is 0 Å². The lowest BCUT2D eigenvalue weighted by molar-refractivity contribution is 0.191. The fourth-order valence-corrected chi connectivity index (χ4v) is 3.36. The van der Waals surface area contributed by atoms with Crippen LogP contribution >= 0.6 is 15.9 Å². The molecule has 0 aromatic heterocycles. The van der Waals surface area contributed by atoms with Gasteiger partial charge in [0.15, 0.2) is 0 Å². The van der Waals surface area contributed by atoms with Gasteiger partial charge in [0, 0.05) is 23.1 Å². The summed E-state index contributed by atoms with van der Waals surface area (Å²) in [4.78, 5) is 2.59. The Labute approximate surface area is 119 Å². The summed E-state index contributed by atoms with van der Waals surface area (Å²) < 4.78 is 1.19. The van der Waals surface area contributed by atoms with E-state index >= 15 is 0 Å². The van der Waals surface area contributed by atoms with Gasteiger partial charge < -0.3 is 5.73 Å². The van der Waals surface area contributed by atoms with Crippen LogP contribution in [0.5, 0.6) is 0 Å². The molecule has 1 saturated carbocycles. The maximum absolute atomic E-state index is 6.05. The molecule has 2 nitrogen and oxygen atoms in total. The van der Waals surface area contributed by atoms with Crippen molar-refractivity contribution in [1.29, 1.82) is 0 Å². The second kappa shape index (κ2) is 6.18. The fourth-order valence-electron chi connectivity index (χ4n) is 2.60. The molecule has 2 rings (SSSR count). The Bertz CT molecular complexity index is 401. The number of nitrogens with two attached hydrogens (primary N) is 1. The summed E-state index contributed by atoms with van der Waals surface area (Å²) in [6.07, 6.45) is 3.86. The van der Waals surface area contributed by atoms with E-state index in [1.807, 2.05) is 0 Å². The number of hydrogen-bond donors (Lipinski definition) is 1. The highest BCUT2D eigenvalue weighted by molar-refractivity contribution is 9.10. The molecule has 1 aromatic rings. The molecular formula is C15H23BrN2. The van der Waals surface area contributed by atoms with Gasteiger partial charge in [-0.25, -0.2) is 0 Å². The molecule has 2 N–H and O–H groups in total. The van der Waals surface area contributed by atoms with Crippen LogP contribution in [0.25, 0.3) is 0 Å². The van der Waals surface area contributed by atoms with Gasteiger partial charge in [0.05, 0.1) is 0 Å². The first-order valence-corrected chi connectivity index (χ1v) is 7.68. The van der Waals surface area contributed by atoms with Crippen LogP contribution in [0.4, 0.5) is 0 Å². The maximum atomic E-state index is 6.05. The second-order valence-corrected chi connectivity index (χ2v) is 6.10. The third-order valence-corrected chi connectivity index (χ3v) is 4.32. The predicted molar refractivity (Wildman–Crippen MR) is 80.7 cm³/mol. The van der Waals surface area contributed by atoms with Crippen molar-refractivity contribution in [2.45, 2.75) is 45.2 Å².